The zero-order chi connectivity index (χ0) is 10.0. The van der Waals surface area contributed by atoms with E-state index in [-0.39, 0.29) is 16.3 Å². The molecule has 0 fully saturated rings. The van der Waals surface area contributed by atoms with Crippen LogP contribution in [0.25, 0.3) is 0 Å². The van der Waals surface area contributed by atoms with Crippen molar-refractivity contribution in [2.45, 2.75) is 13.3 Å². The van der Waals surface area contributed by atoms with Gasteiger partial charge in [0.15, 0.2) is 0 Å². The highest BCUT2D eigenvalue weighted by molar-refractivity contribution is 6.32. The SMILES string of the molecule is Cc1c(C#N)ncc(C(F)F)c1Cl. The standard InChI is InChI=1S/C8H5ClF2N2/c1-4-6(2-12)13-3-5(7(4)9)8(10)11/h3,8H,1H3. The van der Waals surface area contributed by atoms with Crippen molar-refractivity contribution in [2.75, 3.05) is 0 Å². The Balaban J connectivity index is 3.33. The first-order chi connectivity index (χ1) is 6.07. The molecule has 2 nitrogen and oxygen atoms in total. The second kappa shape index (κ2) is 3.67. The summed E-state index contributed by atoms with van der Waals surface area (Å²) in [5.74, 6) is 0. The van der Waals surface area contributed by atoms with Gasteiger partial charge >= 0.3 is 0 Å². The van der Waals surface area contributed by atoms with Crippen LogP contribution in [0.4, 0.5) is 8.78 Å². The smallest absolute Gasteiger partial charge is 0.245 e. The lowest BCUT2D eigenvalue weighted by Gasteiger charge is -2.05. The summed E-state index contributed by atoms with van der Waals surface area (Å²) in [5, 5.41) is 8.43. The number of halogens is 3. The second-order valence-corrected chi connectivity index (χ2v) is 2.79. The summed E-state index contributed by atoms with van der Waals surface area (Å²) in [5.41, 5.74) is 0.0366. The lowest BCUT2D eigenvalue weighted by Crippen LogP contribution is -1.95. The van der Waals surface area contributed by atoms with Crippen molar-refractivity contribution in [3.05, 3.63) is 28.0 Å². The zero-order valence-electron chi connectivity index (χ0n) is 6.68. The van der Waals surface area contributed by atoms with Crippen molar-refractivity contribution in [3.8, 4) is 6.07 Å². The molecule has 0 saturated heterocycles. The van der Waals surface area contributed by atoms with Crippen LogP contribution in [0, 0.1) is 18.3 Å². The Morgan fingerprint density at radius 1 is 1.62 bits per heavy atom. The van der Waals surface area contributed by atoms with E-state index in [0.717, 1.165) is 6.20 Å². The van der Waals surface area contributed by atoms with Crippen LogP contribution in [0.1, 0.15) is 23.2 Å². The fourth-order valence-electron chi connectivity index (χ4n) is 0.873. The normalized spacial score (nSPS) is 10.2. The molecule has 0 aliphatic carbocycles. The molecule has 0 aliphatic heterocycles. The molecule has 1 aromatic heterocycles. The third kappa shape index (κ3) is 1.76. The van der Waals surface area contributed by atoms with Gasteiger partial charge in [-0.05, 0) is 6.92 Å². The van der Waals surface area contributed by atoms with Crippen LogP contribution in [-0.2, 0) is 0 Å². The van der Waals surface area contributed by atoms with Gasteiger partial charge in [0.05, 0.1) is 10.6 Å². The van der Waals surface area contributed by atoms with Crippen molar-refractivity contribution in [1.29, 1.82) is 5.26 Å². The van der Waals surface area contributed by atoms with E-state index in [1.165, 1.54) is 6.92 Å². The minimum absolute atomic E-state index is 0.0781. The second-order valence-electron chi connectivity index (χ2n) is 2.41. The molecular formula is C8H5ClF2N2. The number of rotatable bonds is 1. The maximum Gasteiger partial charge on any atom is 0.266 e. The molecule has 68 valence electrons. The van der Waals surface area contributed by atoms with E-state index in [2.05, 4.69) is 4.98 Å². The van der Waals surface area contributed by atoms with Crippen LogP contribution >= 0.6 is 11.6 Å². The van der Waals surface area contributed by atoms with Gasteiger partial charge in [0.2, 0.25) is 0 Å². The Morgan fingerprint density at radius 3 is 2.69 bits per heavy atom. The molecular weight excluding hydrogens is 198 g/mol. The zero-order valence-corrected chi connectivity index (χ0v) is 7.44. The van der Waals surface area contributed by atoms with Gasteiger partial charge in [-0.15, -0.1) is 0 Å². The van der Waals surface area contributed by atoms with Crippen molar-refractivity contribution in [2.24, 2.45) is 0 Å². The van der Waals surface area contributed by atoms with E-state index in [4.69, 9.17) is 16.9 Å². The summed E-state index contributed by atoms with van der Waals surface area (Å²) < 4.78 is 24.5. The largest absolute Gasteiger partial charge is 0.266 e. The summed E-state index contributed by atoms with van der Waals surface area (Å²) in [6.45, 7) is 1.49. The van der Waals surface area contributed by atoms with Gasteiger partial charge in [0, 0.05) is 11.8 Å². The topological polar surface area (TPSA) is 36.7 Å². The van der Waals surface area contributed by atoms with Crippen LogP contribution in [0.2, 0.25) is 5.02 Å². The summed E-state index contributed by atoms with van der Waals surface area (Å²) in [6, 6.07) is 1.76. The highest BCUT2D eigenvalue weighted by Gasteiger charge is 2.16. The van der Waals surface area contributed by atoms with Gasteiger partial charge in [0.25, 0.3) is 6.43 Å². The fourth-order valence-corrected chi connectivity index (χ4v) is 1.09. The molecule has 0 N–H and O–H groups in total. The van der Waals surface area contributed by atoms with E-state index in [0.29, 0.717) is 5.56 Å². The molecule has 0 spiro atoms. The van der Waals surface area contributed by atoms with Crippen molar-refractivity contribution < 1.29 is 8.78 Å². The number of nitrogens with zero attached hydrogens (tertiary/aromatic N) is 2. The average Bonchev–Trinajstić information content (AvgIpc) is 2.09. The average molecular weight is 203 g/mol. The Hall–Kier alpha value is -1.21. The molecule has 13 heavy (non-hydrogen) atoms. The first-order valence-corrected chi connectivity index (χ1v) is 3.79. The predicted octanol–water partition coefficient (Wildman–Crippen LogP) is 2.85. The van der Waals surface area contributed by atoms with Crippen molar-refractivity contribution in [3.63, 3.8) is 0 Å². The summed E-state index contributed by atoms with van der Waals surface area (Å²) in [7, 11) is 0. The molecule has 1 aromatic rings. The fraction of sp³-hybridized carbons (Fsp3) is 0.250. The van der Waals surface area contributed by atoms with E-state index < -0.39 is 6.43 Å². The van der Waals surface area contributed by atoms with Gasteiger partial charge in [0.1, 0.15) is 11.8 Å². The summed E-state index contributed by atoms with van der Waals surface area (Å²) in [6.07, 6.45) is -1.73. The van der Waals surface area contributed by atoms with Crippen LogP contribution in [-0.4, -0.2) is 4.98 Å². The van der Waals surface area contributed by atoms with Gasteiger partial charge in [-0.25, -0.2) is 13.8 Å². The third-order valence-corrected chi connectivity index (χ3v) is 2.11. The Bertz CT molecular complexity index is 371. The molecule has 0 amide bonds. The van der Waals surface area contributed by atoms with Gasteiger partial charge in [-0.3, -0.25) is 0 Å². The summed E-state index contributed by atoms with van der Waals surface area (Å²) in [4.78, 5) is 3.55. The highest BCUT2D eigenvalue weighted by atomic mass is 35.5. The molecule has 0 unspecified atom stereocenters. The Morgan fingerprint density at radius 2 is 2.23 bits per heavy atom. The molecule has 0 aromatic carbocycles. The number of alkyl halides is 2. The van der Waals surface area contributed by atoms with E-state index in [9.17, 15) is 8.78 Å². The van der Waals surface area contributed by atoms with Crippen molar-refractivity contribution in [1.82, 2.24) is 4.98 Å². The quantitative estimate of drug-likeness (QED) is 0.702. The molecule has 5 heteroatoms. The monoisotopic (exact) mass is 202 g/mol. The van der Waals surface area contributed by atoms with Crippen LogP contribution < -0.4 is 0 Å². The molecule has 0 bridgehead atoms. The number of hydrogen-bond donors (Lipinski definition) is 0. The maximum atomic E-state index is 12.2. The lowest BCUT2D eigenvalue weighted by atomic mass is 10.1. The van der Waals surface area contributed by atoms with E-state index >= 15 is 0 Å². The van der Waals surface area contributed by atoms with Crippen LogP contribution in [0.15, 0.2) is 6.20 Å². The van der Waals surface area contributed by atoms with Gasteiger partial charge < -0.3 is 0 Å². The molecule has 0 radical (unpaired) electrons. The van der Waals surface area contributed by atoms with Crippen molar-refractivity contribution >= 4 is 11.6 Å². The highest BCUT2D eigenvalue weighted by Crippen LogP contribution is 2.29. The van der Waals surface area contributed by atoms with Crippen LogP contribution in [0.5, 0.6) is 0 Å². The van der Waals surface area contributed by atoms with Gasteiger partial charge in [-0.1, -0.05) is 11.6 Å². The number of hydrogen-bond acceptors (Lipinski definition) is 2. The predicted molar refractivity (Wildman–Crippen MR) is 43.7 cm³/mol. The maximum absolute atomic E-state index is 12.2. The van der Waals surface area contributed by atoms with Crippen LogP contribution in [0.3, 0.4) is 0 Å². The minimum Gasteiger partial charge on any atom is -0.245 e. The lowest BCUT2D eigenvalue weighted by molar-refractivity contribution is 0.151. The minimum atomic E-state index is -2.66. The number of pyridine rings is 1. The molecule has 1 heterocycles. The summed E-state index contributed by atoms with van der Waals surface area (Å²) >= 11 is 5.60. The Labute approximate surface area is 78.8 Å². The molecule has 0 atom stereocenters. The number of nitriles is 1. The third-order valence-electron chi connectivity index (χ3n) is 1.61. The van der Waals surface area contributed by atoms with Gasteiger partial charge in [-0.2, -0.15) is 5.26 Å². The Kier molecular flexibility index (Phi) is 2.79. The molecule has 1 rings (SSSR count). The van der Waals surface area contributed by atoms with E-state index in [1.54, 1.807) is 6.07 Å². The molecule has 0 aliphatic rings. The first-order valence-electron chi connectivity index (χ1n) is 3.41. The first kappa shape index (κ1) is 9.87. The van der Waals surface area contributed by atoms with E-state index in [1.807, 2.05) is 0 Å². The number of aromatic nitrogens is 1. The molecule has 0 saturated carbocycles.